The van der Waals surface area contributed by atoms with Crippen LogP contribution in [0.4, 0.5) is 0 Å². The van der Waals surface area contributed by atoms with Crippen molar-refractivity contribution in [3.63, 3.8) is 0 Å². The van der Waals surface area contributed by atoms with E-state index in [1.807, 2.05) is 28.6 Å². The number of halogens is 2. The molecule has 3 aliphatic rings. The normalized spacial score (nSPS) is 21.1. The van der Waals surface area contributed by atoms with Gasteiger partial charge in [-0.15, -0.1) is 24.8 Å². The molecule has 0 bridgehead atoms. The number of aryl methyl sites for hydroxylation is 1. The summed E-state index contributed by atoms with van der Waals surface area (Å²) in [6.45, 7) is 8.79. The maximum Gasteiger partial charge on any atom is 0.251 e. The molecule has 45 heavy (non-hydrogen) atoms. The van der Waals surface area contributed by atoms with Crippen LogP contribution in [0.15, 0.2) is 24.3 Å². The van der Waals surface area contributed by atoms with Gasteiger partial charge in [-0.25, -0.2) is 4.68 Å². The highest BCUT2D eigenvalue weighted by Gasteiger charge is 2.55. The van der Waals surface area contributed by atoms with Crippen LogP contribution < -0.4 is 10.6 Å². The molecule has 3 fully saturated rings. The molecule has 2 atom stereocenters. The number of carbonyl (C=O) groups is 3. The number of aliphatic hydroxyl groups is 1. The molecule has 1 aromatic carbocycles. The van der Waals surface area contributed by atoms with E-state index in [-0.39, 0.29) is 48.5 Å². The maximum absolute atomic E-state index is 13.9. The largest absolute Gasteiger partial charge is 0.390 e. The third-order valence-corrected chi connectivity index (χ3v) is 10.1. The quantitative estimate of drug-likeness (QED) is 0.372. The van der Waals surface area contributed by atoms with E-state index in [1.54, 1.807) is 19.2 Å². The molecule has 0 unspecified atom stereocenters. The fraction of sp³-hybridized carbons (Fsp3) is 0.636. The zero-order chi connectivity index (χ0) is 30.7. The summed E-state index contributed by atoms with van der Waals surface area (Å²) in [4.78, 5) is 43.9. The summed E-state index contributed by atoms with van der Waals surface area (Å²) < 4.78 is 1.92. The summed E-state index contributed by atoms with van der Waals surface area (Å²) >= 11 is 0. The summed E-state index contributed by atoms with van der Waals surface area (Å²) in [5.41, 5.74) is 3.76. The lowest BCUT2D eigenvalue weighted by molar-refractivity contribution is -0.166. The van der Waals surface area contributed by atoms with E-state index in [1.165, 1.54) is 6.42 Å². The predicted molar refractivity (Wildman–Crippen MR) is 179 cm³/mol. The molecule has 3 amide bonds. The number of rotatable bonds is 9. The average Bonchev–Trinajstić information content (AvgIpc) is 3.31. The highest BCUT2D eigenvalue weighted by atomic mass is 35.5. The fourth-order valence-corrected chi connectivity index (χ4v) is 7.31. The smallest absolute Gasteiger partial charge is 0.251 e. The molecule has 12 heteroatoms. The summed E-state index contributed by atoms with van der Waals surface area (Å²) in [5, 5.41) is 21.7. The molecule has 2 aliphatic heterocycles. The first kappa shape index (κ1) is 36.8. The minimum atomic E-state index is -0.869. The van der Waals surface area contributed by atoms with Gasteiger partial charge >= 0.3 is 0 Å². The van der Waals surface area contributed by atoms with Gasteiger partial charge in [-0.2, -0.15) is 5.10 Å². The number of nitrogens with zero attached hydrogens (tertiary/aromatic N) is 4. The predicted octanol–water partition coefficient (Wildman–Crippen LogP) is 4.10. The molecule has 3 N–H and O–H groups in total. The number of piperazine rings is 1. The van der Waals surface area contributed by atoms with Gasteiger partial charge in [0.05, 0.1) is 17.5 Å². The van der Waals surface area contributed by atoms with Crippen molar-refractivity contribution in [2.45, 2.75) is 103 Å². The topological polar surface area (TPSA) is 120 Å². The highest BCUT2D eigenvalue weighted by molar-refractivity contribution is 6.00. The van der Waals surface area contributed by atoms with Gasteiger partial charge in [0.2, 0.25) is 11.8 Å². The molecular formula is C33H50Cl2N6O4. The van der Waals surface area contributed by atoms with Gasteiger partial charge in [-0.05, 0) is 76.1 Å². The van der Waals surface area contributed by atoms with Crippen molar-refractivity contribution in [2.75, 3.05) is 26.7 Å². The molecule has 250 valence electrons. The van der Waals surface area contributed by atoms with Crippen molar-refractivity contribution in [1.29, 1.82) is 0 Å². The molecule has 0 radical (unpaired) electrons. The number of likely N-dealkylation sites (tertiary alicyclic amines) is 1. The van der Waals surface area contributed by atoms with E-state index in [0.717, 1.165) is 61.2 Å². The number of carbonyl (C=O) groups excluding carboxylic acids is 3. The van der Waals surface area contributed by atoms with Crippen molar-refractivity contribution in [1.82, 2.24) is 30.2 Å². The molecule has 1 spiro atoms. The highest BCUT2D eigenvalue weighted by Crippen LogP contribution is 2.37. The van der Waals surface area contributed by atoms with Gasteiger partial charge in [0.25, 0.3) is 5.91 Å². The molecule has 2 aromatic rings. The number of piperidine rings is 1. The monoisotopic (exact) mass is 664 g/mol. The molecule has 3 heterocycles. The lowest BCUT2D eigenvalue weighted by Crippen LogP contribution is -2.75. The number of nitrogens with one attached hydrogen (secondary N) is 2. The third-order valence-electron chi connectivity index (χ3n) is 10.1. The molecular weight excluding hydrogens is 615 g/mol. The molecule has 2 saturated heterocycles. The van der Waals surface area contributed by atoms with Gasteiger partial charge in [0.15, 0.2) is 0 Å². The number of amides is 3. The molecule has 1 saturated carbocycles. The lowest BCUT2D eigenvalue weighted by atomic mass is 9.78. The summed E-state index contributed by atoms with van der Waals surface area (Å²) in [5.74, 6) is -0.285. The first-order valence-corrected chi connectivity index (χ1v) is 16.1. The molecule has 5 rings (SSSR count). The van der Waals surface area contributed by atoms with E-state index in [4.69, 9.17) is 5.10 Å². The molecule has 10 nitrogen and oxygen atoms in total. The zero-order valence-electron chi connectivity index (χ0n) is 27.0. The standard InChI is InChI=1S/C33H48N6O4.2ClH/c1-5-6-18-38-31(42)28(29(40)24-10-8-7-9-11-24)35-32(43)33(38)16-19-37(20-17-33)21-27-22(2)36-39(23(27)3)26-14-12-25(13-15-26)30(41)34-4;;/h12-15,24,28-29,40H,5-11,16-21H2,1-4H3,(H,34,41)(H,35,43);2*1H/t28-,29-;;/m1../s1. The van der Waals surface area contributed by atoms with E-state index in [2.05, 4.69) is 29.4 Å². The van der Waals surface area contributed by atoms with E-state index in [9.17, 15) is 19.5 Å². The Morgan fingerprint density at radius 2 is 1.73 bits per heavy atom. The summed E-state index contributed by atoms with van der Waals surface area (Å²) in [6.07, 6.45) is 7.18. The van der Waals surface area contributed by atoms with Crippen molar-refractivity contribution in [2.24, 2.45) is 5.92 Å². The Balaban J connectivity index is 0.00000276. The Hall–Kier alpha value is -2.66. The van der Waals surface area contributed by atoms with Crippen molar-refractivity contribution in [3.8, 4) is 5.69 Å². The first-order chi connectivity index (χ1) is 20.7. The van der Waals surface area contributed by atoms with Crippen LogP contribution in [0.5, 0.6) is 0 Å². The minimum Gasteiger partial charge on any atom is -0.390 e. The maximum atomic E-state index is 13.9. The number of aliphatic hydroxyl groups excluding tert-OH is 1. The number of aromatic nitrogens is 2. The zero-order valence-corrected chi connectivity index (χ0v) is 28.6. The van der Waals surface area contributed by atoms with Crippen LogP contribution in [0.3, 0.4) is 0 Å². The molecule has 1 aliphatic carbocycles. The SMILES string of the molecule is CCCCN1C(=O)[C@@H]([C@H](O)C2CCCCC2)NC(=O)C12CCN(Cc1c(C)nn(-c3ccc(C(=O)NC)cc3)c1C)CC2.Cl.Cl. The van der Waals surface area contributed by atoms with E-state index in [0.29, 0.717) is 44.6 Å². The van der Waals surface area contributed by atoms with Crippen molar-refractivity contribution >= 4 is 42.5 Å². The number of hydrogen-bond acceptors (Lipinski definition) is 6. The Labute approximate surface area is 279 Å². The van der Waals surface area contributed by atoms with Crippen LogP contribution >= 0.6 is 24.8 Å². The van der Waals surface area contributed by atoms with Crippen LogP contribution in [0.25, 0.3) is 5.69 Å². The van der Waals surface area contributed by atoms with Crippen LogP contribution in [-0.2, 0) is 16.1 Å². The van der Waals surface area contributed by atoms with Crippen LogP contribution in [0.1, 0.15) is 92.0 Å². The van der Waals surface area contributed by atoms with E-state index >= 15 is 0 Å². The average molecular weight is 666 g/mol. The Morgan fingerprint density at radius 3 is 2.33 bits per heavy atom. The summed E-state index contributed by atoms with van der Waals surface area (Å²) in [7, 11) is 1.62. The van der Waals surface area contributed by atoms with Crippen LogP contribution in [0, 0.1) is 19.8 Å². The number of hydrogen-bond donors (Lipinski definition) is 3. The lowest BCUT2D eigenvalue weighted by Gasteiger charge is -2.52. The van der Waals surface area contributed by atoms with Crippen molar-refractivity contribution < 1.29 is 19.5 Å². The van der Waals surface area contributed by atoms with Gasteiger partial charge in [-0.1, -0.05) is 32.6 Å². The fourth-order valence-electron chi connectivity index (χ4n) is 7.31. The second kappa shape index (κ2) is 15.8. The van der Waals surface area contributed by atoms with Gasteiger partial charge in [0, 0.05) is 50.0 Å². The van der Waals surface area contributed by atoms with Gasteiger partial charge in [-0.3, -0.25) is 19.3 Å². The Bertz CT molecular complexity index is 1320. The first-order valence-electron chi connectivity index (χ1n) is 16.1. The second-order valence-electron chi connectivity index (χ2n) is 12.7. The third kappa shape index (κ3) is 7.34. The van der Waals surface area contributed by atoms with Gasteiger partial charge < -0.3 is 20.6 Å². The van der Waals surface area contributed by atoms with E-state index < -0.39 is 17.7 Å². The number of benzene rings is 1. The summed E-state index contributed by atoms with van der Waals surface area (Å²) in [6, 6.07) is 6.56. The van der Waals surface area contributed by atoms with Crippen LogP contribution in [-0.4, -0.2) is 86.8 Å². The van der Waals surface area contributed by atoms with Crippen molar-refractivity contribution in [3.05, 3.63) is 46.8 Å². The van der Waals surface area contributed by atoms with Crippen LogP contribution in [0.2, 0.25) is 0 Å². The minimum absolute atomic E-state index is 0. The Kier molecular flexibility index (Phi) is 12.9. The molecule has 1 aromatic heterocycles. The second-order valence-corrected chi connectivity index (χ2v) is 12.7. The Morgan fingerprint density at radius 1 is 1.09 bits per heavy atom. The number of unbranched alkanes of at least 4 members (excludes halogenated alkanes) is 1. The van der Waals surface area contributed by atoms with Gasteiger partial charge in [0.1, 0.15) is 11.6 Å².